The molecule has 3 heteroatoms. The maximum absolute atomic E-state index is 4.71. The molecule has 16 heavy (non-hydrogen) atoms. The van der Waals surface area contributed by atoms with E-state index in [9.17, 15) is 0 Å². The summed E-state index contributed by atoms with van der Waals surface area (Å²) >= 11 is 0. The van der Waals surface area contributed by atoms with E-state index in [0.717, 1.165) is 18.6 Å². The summed E-state index contributed by atoms with van der Waals surface area (Å²) in [7, 11) is 0. The monoisotopic (exact) mass is 215 g/mol. The highest BCUT2D eigenvalue weighted by Gasteiger charge is 2.27. The van der Waals surface area contributed by atoms with Crippen molar-refractivity contribution in [3.8, 4) is 0 Å². The fraction of sp³-hybridized carbons (Fsp3) is 0.462. The molecule has 3 rings (SSSR count). The summed E-state index contributed by atoms with van der Waals surface area (Å²) in [5.74, 6) is 1.19. The number of hydrogen-bond acceptors (Lipinski definition) is 2. The summed E-state index contributed by atoms with van der Waals surface area (Å²) in [6.07, 6.45) is 2.61. The van der Waals surface area contributed by atoms with Gasteiger partial charge in [0.1, 0.15) is 5.82 Å². The van der Waals surface area contributed by atoms with Crippen molar-refractivity contribution >= 4 is 11.0 Å². The summed E-state index contributed by atoms with van der Waals surface area (Å²) in [5, 5.41) is 3.37. The van der Waals surface area contributed by atoms with Gasteiger partial charge in [0, 0.05) is 6.04 Å². The highest BCUT2D eigenvalue weighted by Crippen LogP contribution is 2.38. The van der Waals surface area contributed by atoms with Crippen molar-refractivity contribution in [1.82, 2.24) is 14.9 Å². The fourth-order valence-electron chi connectivity index (χ4n) is 2.20. The molecular weight excluding hydrogens is 198 g/mol. The van der Waals surface area contributed by atoms with Crippen LogP contribution in [0, 0.1) is 0 Å². The third-order valence-electron chi connectivity index (χ3n) is 3.11. The summed E-state index contributed by atoms with van der Waals surface area (Å²) in [4.78, 5) is 4.71. The smallest absolute Gasteiger partial charge is 0.124 e. The maximum atomic E-state index is 4.71. The van der Waals surface area contributed by atoms with Crippen LogP contribution >= 0.6 is 0 Å². The van der Waals surface area contributed by atoms with Crippen molar-refractivity contribution < 1.29 is 0 Å². The molecule has 2 aromatic rings. The van der Waals surface area contributed by atoms with Crippen molar-refractivity contribution in [3.63, 3.8) is 0 Å². The number of fused-ring (bicyclic) bond motifs is 1. The van der Waals surface area contributed by atoms with Crippen molar-refractivity contribution in [2.45, 2.75) is 32.4 Å². The van der Waals surface area contributed by atoms with Gasteiger partial charge in [-0.3, -0.25) is 0 Å². The van der Waals surface area contributed by atoms with E-state index in [1.54, 1.807) is 0 Å². The van der Waals surface area contributed by atoms with E-state index in [-0.39, 0.29) is 0 Å². The first kappa shape index (κ1) is 9.85. The number of benzene rings is 1. The molecule has 1 N–H and O–H groups in total. The summed E-state index contributed by atoms with van der Waals surface area (Å²) in [5.41, 5.74) is 2.42. The van der Waals surface area contributed by atoms with Crippen LogP contribution in [-0.4, -0.2) is 16.1 Å². The molecule has 0 aliphatic heterocycles. The topological polar surface area (TPSA) is 29.9 Å². The average Bonchev–Trinajstić information content (AvgIpc) is 3.07. The van der Waals surface area contributed by atoms with Gasteiger partial charge < -0.3 is 9.88 Å². The Morgan fingerprint density at radius 1 is 1.38 bits per heavy atom. The molecule has 84 valence electrons. The number of aromatic nitrogens is 2. The second kappa shape index (κ2) is 3.91. The Kier molecular flexibility index (Phi) is 2.40. The minimum atomic E-state index is 0.695. The third kappa shape index (κ3) is 1.61. The molecule has 3 nitrogen and oxygen atoms in total. The molecule has 0 unspecified atom stereocenters. The quantitative estimate of drug-likeness (QED) is 0.849. The molecule has 1 aliphatic carbocycles. The maximum Gasteiger partial charge on any atom is 0.124 e. The van der Waals surface area contributed by atoms with Gasteiger partial charge >= 0.3 is 0 Å². The second-order valence-corrected chi connectivity index (χ2v) is 4.40. The number of rotatable bonds is 4. The van der Waals surface area contributed by atoms with E-state index < -0.39 is 0 Å². The minimum absolute atomic E-state index is 0.695. The van der Waals surface area contributed by atoms with Crippen LogP contribution in [0.5, 0.6) is 0 Å². The van der Waals surface area contributed by atoms with Gasteiger partial charge in [0.05, 0.1) is 17.6 Å². The van der Waals surface area contributed by atoms with Gasteiger partial charge in [-0.2, -0.15) is 0 Å². The molecule has 1 fully saturated rings. The first-order valence-corrected chi connectivity index (χ1v) is 6.06. The first-order chi connectivity index (χ1) is 7.90. The van der Waals surface area contributed by atoms with Crippen LogP contribution in [-0.2, 0) is 6.54 Å². The number of imidazole rings is 1. The Morgan fingerprint density at radius 2 is 2.19 bits per heavy atom. The number of nitrogens with zero attached hydrogens (tertiary/aromatic N) is 2. The lowest BCUT2D eigenvalue weighted by Gasteiger charge is -2.07. The van der Waals surface area contributed by atoms with Crippen molar-refractivity contribution in [3.05, 3.63) is 30.1 Å². The van der Waals surface area contributed by atoms with E-state index >= 15 is 0 Å². The highest BCUT2D eigenvalue weighted by molar-refractivity contribution is 5.76. The van der Waals surface area contributed by atoms with Crippen LogP contribution < -0.4 is 5.32 Å². The van der Waals surface area contributed by atoms with E-state index in [4.69, 9.17) is 4.98 Å². The van der Waals surface area contributed by atoms with E-state index in [2.05, 4.69) is 41.1 Å². The normalized spacial score (nSPS) is 15.8. The minimum Gasteiger partial charge on any atom is -0.324 e. The molecule has 1 aliphatic rings. The fourth-order valence-corrected chi connectivity index (χ4v) is 2.20. The van der Waals surface area contributed by atoms with Gasteiger partial charge in [-0.1, -0.05) is 19.1 Å². The molecule has 1 aromatic carbocycles. The molecule has 1 heterocycles. The van der Waals surface area contributed by atoms with Crippen LogP contribution in [0.15, 0.2) is 24.3 Å². The van der Waals surface area contributed by atoms with Crippen molar-refractivity contribution in [2.75, 3.05) is 6.54 Å². The SMILES string of the molecule is CCNCc1nc2ccccc2n1C1CC1. The third-order valence-corrected chi connectivity index (χ3v) is 3.11. The van der Waals surface area contributed by atoms with Gasteiger partial charge in [-0.25, -0.2) is 4.98 Å². The van der Waals surface area contributed by atoms with E-state index in [0.29, 0.717) is 6.04 Å². The Labute approximate surface area is 95.5 Å². The van der Waals surface area contributed by atoms with Gasteiger partial charge in [0.15, 0.2) is 0 Å². The lowest BCUT2D eigenvalue weighted by atomic mass is 10.3. The van der Waals surface area contributed by atoms with Crippen LogP contribution in [0.1, 0.15) is 31.6 Å². The Morgan fingerprint density at radius 3 is 2.94 bits per heavy atom. The standard InChI is InChI=1S/C13H17N3/c1-2-14-9-13-15-11-5-3-4-6-12(11)16(13)10-7-8-10/h3-6,10,14H,2,7-9H2,1H3. The zero-order chi connectivity index (χ0) is 11.0. The zero-order valence-corrected chi connectivity index (χ0v) is 9.61. The Balaban J connectivity index is 2.07. The van der Waals surface area contributed by atoms with Crippen LogP contribution in [0.2, 0.25) is 0 Å². The molecule has 0 atom stereocenters. The van der Waals surface area contributed by atoms with Gasteiger partial charge in [0.2, 0.25) is 0 Å². The molecule has 0 radical (unpaired) electrons. The molecule has 1 saturated carbocycles. The van der Waals surface area contributed by atoms with Crippen LogP contribution in [0.4, 0.5) is 0 Å². The first-order valence-electron chi connectivity index (χ1n) is 6.06. The molecule has 0 bridgehead atoms. The number of para-hydroxylation sites is 2. The molecule has 0 saturated heterocycles. The van der Waals surface area contributed by atoms with Gasteiger partial charge in [-0.15, -0.1) is 0 Å². The zero-order valence-electron chi connectivity index (χ0n) is 9.61. The van der Waals surface area contributed by atoms with Crippen molar-refractivity contribution in [2.24, 2.45) is 0 Å². The lowest BCUT2D eigenvalue weighted by molar-refractivity contribution is 0.630. The second-order valence-electron chi connectivity index (χ2n) is 4.40. The Hall–Kier alpha value is -1.35. The lowest BCUT2D eigenvalue weighted by Crippen LogP contribution is -2.16. The molecule has 0 amide bonds. The van der Waals surface area contributed by atoms with Crippen LogP contribution in [0.25, 0.3) is 11.0 Å². The van der Waals surface area contributed by atoms with E-state index in [1.807, 2.05) is 0 Å². The largest absolute Gasteiger partial charge is 0.324 e. The number of nitrogens with one attached hydrogen (secondary N) is 1. The molecular formula is C13H17N3. The highest BCUT2D eigenvalue weighted by atomic mass is 15.1. The molecule has 1 aromatic heterocycles. The number of hydrogen-bond donors (Lipinski definition) is 1. The summed E-state index contributed by atoms with van der Waals surface area (Å²) in [6, 6.07) is 9.13. The predicted octanol–water partition coefficient (Wildman–Crippen LogP) is 2.48. The van der Waals surface area contributed by atoms with Crippen molar-refractivity contribution in [1.29, 1.82) is 0 Å². The summed E-state index contributed by atoms with van der Waals surface area (Å²) < 4.78 is 2.41. The average molecular weight is 215 g/mol. The Bertz CT molecular complexity index is 497. The van der Waals surface area contributed by atoms with E-state index in [1.165, 1.54) is 24.2 Å². The molecule has 0 spiro atoms. The van der Waals surface area contributed by atoms with Gasteiger partial charge in [0.25, 0.3) is 0 Å². The van der Waals surface area contributed by atoms with Crippen LogP contribution in [0.3, 0.4) is 0 Å². The predicted molar refractivity (Wildman–Crippen MR) is 65.4 cm³/mol. The van der Waals surface area contributed by atoms with Gasteiger partial charge in [-0.05, 0) is 31.5 Å². The summed E-state index contributed by atoms with van der Waals surface area (Å²) in [6.45, 7) is 4.00.